The van der Waals surface area contributed by atoms with Gasteiger partial charge >= 0.3 is 11.9 Å². The van der Waals surface area contributed by atoms with Crippen LogP contribution >= 0.6 is 0 Å². The van der Waals surface area contributed by atoms with Crippen LogP contribution in [-0.4, -0.2) is 48.6 Å². The van der Waals surface area contributed by atoms with Crippen molar-refractivity contribution in [1.29, 1.82) is 0 Å². The van der Waals surface area contributed by atoms with E-state index in [2.05, 4.69) is 13.2 Å². The van der Waals surface area contributed by atoms with Crippen molar-refractivity contribution >= 4 is 11.9 Å². The lowest BCUT2D eigenvalue weighted by molar-refractivity contribution is -0.139. The molecule has 0 aliphatic rings. The Bertz CT molecular complexity index is 405. The van der Waals surface area contributed by atoms with Crippen LogP contribution in [0.4, 0.5) is 0 Å². The molecule has 0 spiro atoms. The number of aliphatic hydroxyl groups excluding tert-OH is 2. The molecular formula is C23H42O6. The molecule has 0 atom stereocenters. The zero-order valence-electron chi connectivity index (χ0n) is 18.5. The van der Waals surface area contributed by atoms with Crippen LogP contribution in [0, 0.1) is 0 Å². The largest absolute Gasteiger partial charge is 0.462 e. The number of ether oxygens (including phenoxy) is 2. The first kappa shape index (κ1) is 29.5. The zero-order valence-corrected chi connectivity index (χ0v) is 18.5. The molecule has 0 fully saturated rings. The molecule has 0 saturated carbocycles. The van der Waals surface area contributed by atoms with Crippen molar-refractivity contribution in [2.24, 2.45) is 0 Å². The van der Waals surface area contributed by atoms with Crippen LogP contribution in [0.25, 0.3) is 0 Å². The van der Waals surface area contributed by atoms with E-state index in [0.717, 1.165) is 70.6 Å². The predicted molar refractivity (Wildman–Crippen MR) is 117 cm³/mol. The van der Waals surface area contributed by atoms with Gasteiger partial charge in [0.05, 0.1) is 13.2 Å². The molecule has 0 unspecified atom stereocenters. The Morgan fingerprint density at radius 3 is 1.14 bits per heavy atom. The third-order valence-electron chi connectivity index (χ3n) is 4.02. The molecular weight excluding hydrogens is 372 g/mol. The molecule has 0 heterocycles. The summed E-state index contributed by atoms with van der Waals surface area (Å²) in [6.45, 7) is 11.9. The normalized spacial score (nSPS) is 9.93. The van der Waals surface area contributed by atoms with Gasteiger partial charge in [0.1, 0.15) is 0 Å². The maximum Gasteiger partial charge on any atom is 0.333 e. The van der Waals surface area contributed by atoms with Gasteiger partial charge in [-0.2, -0.15) is 0 Å². The van der Waals surface area contributed by atoms with Crippen molar-refractivity contribution in [1.82, 2.24) is 0 Å². The van der Waals surface area contributed by atoms with E-state index in [1.54, 1.807) is 13.8 Å². The molecule has 170 valence electrons. The Morgan fingerprint density at radius 1 is 0.586 bits per heavy atom. The minimum Gasteiger partial charge on any atom is -0.462 e. The Hall–Kier alpha value is -1.66. The summed E-state index contributed by atoms with van der Waals surface area (Å²) in [5, 5.41) is 16.6. The first-order chi connectivity index (χ1) is 13.9. The van der Waals surface area contributed by atoms with Crippen LogP contribution in [0.1, 0.15) is 84.5 Å². The standard InChI is InChI=1S/C17H28O4.C6H14O2/c1-14(2)16(18)20-12-10-8-6-5-7-9-11-13-21-17(19)15(3)4;7-5-3-1-2-4-6-8/h1,3,5-13H2,2,4H3;7-8H,1-6H2. The number of rotatable bonds is 17. The van der Waals surface area contributed by atoms with E-state index in [-0.39, 0.29) is 25.2 Å². The molecule has 0 radical (unpaired) electrons. The molecule has 0 amide bonds. The van der Waals surface area contributed by atoms with Crippen molar-refractivity contribution in [3.63, 3.8) is 0 Å². The van der Waals surface area contributed by atoms with Gasteiger partial charge in [0.2, 0.25) is 0 Å². The lowest BCUT2D eigenvalue weighted by Crippen LogP contribution is -2.06. The summed E-state index contributed by atoms with van der Waals surface area (Å²) in [7, 11) is 0. The molecule has 0 bridgehead atoms. The van der Waals surface area contributed by atoms with Crippen LogP contribution in [-0.2, 0) is 19.1 Å². The minimum absolute atomic E-state index is 0.283. The fourth-order valence-electron chi connectivity index (χ4n) is 2.24. The maximum atomic E-state index is 11.1. The molecule has 0 aromatic carbocycles. The first-order valence-electron chi connectivity index (χ1n) is 10.7. The molecule has 0 aromatic rings. The molecule has 0 aromatic heterocycles. The van der Waals surface area contributed by atoms with Crippen LogP contribution in [0.15, 0.2) is 24.3 Å². The van der Waals surface area contributed by atoms with Crippen molar-refractivity contribution < 1.29 is 29.3 Å². The molecule has 0 saturated heterocycles. The predicted octanol–water partition coefficient (Wildman–Crippen LogP) is 4.49. The van der Waals surface area contributed by atoms with Crippen LogP contribution in [0.5, 0.6) is 0 Å². The molecule has 6 nitrogen and oxygen atoms in total. The highest BCUT2D eigenvalue weighted by atomic mass is 16.5. The van der Waals surface area contributed by atoms with Crippen LogP contribution in [0.2, 0.25) is 0 Å². The number of unbranched alkanes of at least 4 members (excludes halogenated alkanes) is 9. The van der Waals surface area contributed by atoms with E-state index in [4.69, 9.17) is 19.7 Å². The highest BCUT2D eigenvalue weighted by molar-refractivity contribution is 5.87. The molecule has 29 heavy (non-hydrogen) atoms. The molecule has 0 aliphatic carbocycles. The van der Waals surface area contributed by atoms with E-state index in [1.807, 2.05) is 0 Å². The summed E-state index contributed by atoms with van der Waals surface area (Å²) in [6, 6.07) is 0. The molecule has 6 heteroatoms. The molecule has 2 N–H and O–H groups in total. The third kappa shape index (κ3) is 24.3. The number of hydrogen-bond donors (Lipinski definition) is 2. The van der Waals surface area contributed by atoms with Crippen molar-refractivity contribution in [2.75, 3.05) is 26.4 Å². The van der Waals surface area contributed by atoms with Gasteiger partial charge in [-0.25, -0.2) is 9.59 Å². The van der Waals surface area contributed by atoms with Crippen molar-refractivity contribution in [3.8, 4) is 0 Å². The topological polar surface area (TPSA) is 93.1 Å². The lowest BCUT2D eigenvalue weighted by atomic mass is 10.1. The average molecular weight is 415 g/mol. The van der Waals surface area contributed by atoms with E-state index >= 15 is 0 Å². The first-order valence-corrected chi connectivity index (χ1v) is 10.7. The van der Waals surface area contributed by atoms with Gasteiger partial charge in [0.15, 0.2) is 0 Å². The van der Waals surface area contributed by atoms with Crippen LogP contribution < -0.4 is 0 Å². The second kappa shape index (κ2) is 22.6. The Morgan fingerprint density at radius 2 is 0.862 bits per heavy atom. The summed E-state index contributed by atoms with van der Waals surface area (Å²) >= 11 is 0. The molecule has 0 aliphatic heterocycles. The second-order valence-electron chi connectivity index (χ2n) is 7.17. The van der Waals surface area contributed by atoms with Crippen molar-refractivity contribution in [3.05, 3.63) is 24.3 Å². The fraction of sp³-hybridized carbons (Fsp3) is 0.739. The van der Waals surface area contributed by atoms with E-state index in [0.29, 0.717) is 24.4 Å². The summed E-state index contributed by atoms with van der Waals surface area (Å²) in [4.78, 5) is 22.2. The average Bonchev–Trinajstić information content (AvgIpc) is 2.69. The summed E-state index contributed by atoms with van der Waals surface area (Å²) in [5.41, 5.74) is 0.893. The van der Waals surface area contributed by atoms with Gasteiger partial charge in [-0.05, 0) is 39.5 Å². The van der Waals surface area contributed by atoms with E-state index in [1.165, 1.54) is 0 Å². The van der Waals surface area contributed by atoms with Gasteiger partial charge in [-0.3, -0.25) is 0 Å². The number of aliphatic hydroxyl groups is 2. The monoisotopic (exact) mass is 414 g/mol. The number of carbonyl (C=O) groups excluding carboxylic acids is 2. The zero-order chi connectivity index (χ0) is 22.3. The number of esters is 2. The van der Waals surface area contributed by atoms with Gasteiger partial charge in [0.25, 0.3) is 0 Å². The van der Waals surface area contributed by atoms with Gasteiger partial charge < -0.3 is 19.7 Å². The fourth-order valence-corrected chi connectivity index (χ4v) is 2.24. The van der Waals surface area contributed by atoms with E-state index < -0.39 is 0 Å². The summed E-state index contributed by atoms with van der Waals surface area (Å²) in [6.07, 6.45) is 11.2. The van der Waals surface area contributed by atoms with Gasteiger partial charge in [-0.15, -0.1) is 0 Å². The SMILES string of the molecule is C=C(C)C(=O)OCCCCCCCCCOC(=O)C(=C)C.OCCCCCCO. The van der Waals surface area contributed by atoms with Gasteiger partial charge in [0, 0.05) is 24.4 Å². The quantitative estimate of drug-likeness (QED) is 0.207. The highest BCUT2D eigenvalue weighted by Gasteiger charge is 2.03. The maximum absolute atomic E-state index is 11.1. The summed E-state index contributed by atoms with van der Waals surface area (Å²) < 4.78 is 10.0. The highest BCUT2D eigenvalue weighted by Crippen LogP contribution is 2.08. The number of carbonyl (C=O) groups is 2. The third-order valence-corrected chi connectivity index (χ3v) is 4.02. The second-order valence-corrected chi connectivity index (χ2v) is 7.17. The Kier molecular flexibility index (Phi) is 23.0. The van der Waals surface area contributed by atoms with Crippen LogP contribution in [0.3, 0.4) is 0 Å². The van der Waals surface area contributed by atoms with Gasteiger partial charge in [-0.1, -0.05) is 58.1 Å². The smallest absolute Gasteiger partial charge is 0.333 e. The Balaban J connectivity index is 0. The Labute approximate surface area is 177 Å². The molecule has 0 rings (SSSR count). The van der Waals surface area contributed by atoms with E-state index in [9.17, 15) is 9.59 Å². The number of hydrogen-bond acceptors (Lipinski definition) is 6. The lowest BCUT2D eigenvalue weighted by Gasteiger charge is -2.05. The van der Waals surface area contributed by atoms with Crippen molar-refractivity contribution in [2.45, 2.75) is 84.5 Å². The minimum atomic E-state index is -0.306. The summed E-state index contributed by atoms with van der Waals surface area (Å²) in [5.74, 6) is -0.612.